The molecule has 0 atom stereocenters. The van der Waals surface area contributed by atoms with E-state index in [9.17, 15) is 12.8 Å². The Balaban J connectivity index is 2.25. The average Bonchev–Trinajstić information content (AvgIpc) is 2.46. The smallest absolute Gasteiger partial charge is 0.246 e. The van der Waals surface area contributed by atoms with Gasteiger partial charge in [-0.05, 0) is 30.7 Å². The number of rotatable bonds is 5. The van der Waals surface area contributed by atoms with Gasteiger partial charge in [-0.15, -0.1) is 0 Å². The molecule has 0 spiro atoms. The zero-order chi connectivity index (χ0) is 14.6. The molecular formula is C14H19FN2O2S. The summed E-state index contributed by atoms with van der Waals surface area (Å²) in [5, 5.41) is 3.08. The van der Waals surface area contributed by atoms with Crippen molar-refractivity contribution in [2.24, 2.45) is 0 Å². The molecule has 1 aliphatic heterocycles. The minimum atomic E-state index is -3.74. The first kappa shape index (κ1) is 15.2. The molecule has 6 heteroatoms. The summed E-state index contributed by atoms with van der Waals surface area (Å²) < 4.78 is 40.1. The van der Waals surface area contributed by atoms with Crippen LogP contribution in [0.3, 0.4) is 0 Å². The molecule has 0 radical (unpaired) electrons. The Bertz CT molecular complexity index is 599. The van der Waals surface area contributed by atoms with Crippen LogP contribution in [0.15, 0.2) is 35.2 Å². The second kappa shape index (κ2) is 6.47. The fourth-order valence-corrected chi connectivity index (χ4v) is 3.56. The number of sulfonamides is 1. The van der Waals surface area contributed by atoms with Gasteiger partial charge in [0.05, 0.1) is 0 Å². The maximum atomic E-state index is 14.1. The summed E-state index contributed by atoms with van der Waals surface area (Å²) >= 11 is 0. The van der Waals surface area contributed by atoms with Crippen molar-refractivity contribution in [3.05, 3.63) is 41.7 Å². The molecule has 2 rings (SSSR count). The molecule has 110 valence electrons. The van der Waals surface area contributed by atoms with Gasteiger partial charge in [-0.25, -0.2) is 12.8 Å². The first-order valence-electron chi connectivity index (χ1n) is 6.70. The first-order chi connectivity index (χ1) is 9.55. The Morgan fingerprint density at radius 1 is 1.35 bits per heavy atom. The lowest BCUT2D eigenvalue weighted by molar-refractivity contribution is 0.432. The summed E-state index contributed by atoms with van der Waals surface area (Å²) in [7, 11) is -3.74. The van der Waals surface area contributed by atoms with E-state index in [1.165, 1.54) is 16.4 Å². The number of nitrogens with one attached hydrogen (secondary N) is 1. The third-order valence-corrected chi connectivity index (χ3v) is 5.11. The van der Waals surface area contributed by atoms with Crippen LogP contribution in [-0.4, -0.2) is 32.4 Å². The number of halogens is 1. The van der Waals surface area contributed by atoms with Crippen LogP contribution in [0.2, 0.25) is 0 Å². The maximum Gasteiger partial charge on any atom is 0.246 e. The molecular weight excluding hydrogens is 279 g/mol. The zero-order valence-electron chi connectivity index (χ0n) is 11.5. The minimum Gasteiger partial charge on any atom is -0.313 e. The van der Waals surface area contributed by atoms with Crippen LogP contribution in [-0.2, 0) is 16.6 Å². The van der Waals surface area contributed by atoms with Gasteiger partial charge >= 0.3 is 0 Å². The van der Waals surface area contributed by atoms with Crippen molar-refractivity contribution in [2.45, 2.75) is 24.8 Å². The van der Waals surface area contributed by atoms with Crippen LogP contribution < -0.4 is 5.32 Å². The molecule has 0 bridgehead atoms. The van der Waals surface area contributed by atoms with E-state index in [2.05, 4.69) is 5.32 Å². The van der Waals surface area contributed by atoms with Gasteiger partial charge in [0.15, 0.2) is 0 Å². The topological polar surface area (TPSA) is 49.4 Å². The van der Waals surface area contributed by atoms with Crippen LogP contribution in [0.5, 0.6) is 0 Å². The van der Waals surface area contributed by atoms with Crippen molar-refractivity contribution < 1.29 is 12.8 Å². The van der Waals surface area contributed by atoms with Crippen LogP contribution in [0.1, 0.15) is 18.9 Å². The van der Waals surface area contributed by atoms with E-state index in [0.717, 1.165) is 12.1 Å². The predicted molar refractivity (Wildman–Crippen MR) is 76.3 cm³/mol. The predicted octanol–water partition coefficient (Wildman–Crippen LogP) is 1.89. The third kappa shape index (κ3) is 3.26. The number of hydrogen-bond acceptors (Lipinski definition) is 3. The molecule has 0 aliphatic carbocycles. The fourth-order valence-electron chi connectivity index (χ4n) is 2.11. The van der Waals surface area contributed by atoms with Crippen molar-refractivity contribution in [2.75, 3.05) is 19.6 Å². The van der Waals surface area contributed by atoms with E-state index in [1.807, 2.05) is 13.0 Å². The molecule has 1 aliphatic rings. The Kier molecular flexibility index (Phi) is 4.91. The molecule has 1 N–H and O–H groups in total. The summed E-state index contributed by atoms with van der Waals surface area (Å²) in [5.74, 6) is -0.685. The maximum absolute atomic E-state index is 14.1. The van der Waals surface area contributed by atoms with E-state index in [4.69, 9.17) is 0 Å². The van der Waals surface area contributed by atoms with Gasteiger partial charge in [0.2, 0.25) is 10.0 Å². The van der Waals surface area contributed by atoms with Gasteiger partial charge < -0.3 is 5.32 Å². The van der Waals surface area contributed by atoms with Gasteiger partial charge in [0.1, 0.15) is 10.7 Å². The molecule has 0 saturated heterocycles. The quantitative estimate of drug-likeness (QED) is 0.845. The lowest BCUT2D eigenvalue weighted by Crippen LogP contribution is -2.34. The number of benzene rings is 1. The van der Waals surface area contributed by atoms with E-state index in [1.54, 1.807) is 12.1 Å². The van der Waals surface area contributed by atoms with E-state index in [-0.39, 0.29) is 4.90 Å². The highest BCUT2D eigenvalue weighted by atomic mass is 32.2. The molecule has 0 fully saturated rings. The van der Waals surface area contributed by atoms with E-state index in [0.29, 0.717) is 26.1 Å². The monoisotopic (exact) mass is 298 g/mol. The van der Waals surface area contributed by atoms with Crippen molar-refractivity contribution in [3.8, 4) is 0 Å². The molecule has 1 heterocycles. The third-order valence-electron chi connectivity index (χ3n) is 3.21. The average molecular weight is 298 g/mol. The highest BCUT2D eigenvalue weighted by Gasteiger charge is 2.27. The molecule has 0 saturated carbocycles. The van der Waals surface area contributed by atoms with Gasteiger partial charge in [0.25, 0.3) is 0 Å². The van der Waals surface area contributed by atoms with Crippen molar-refractivity contribution >= 4 is 10.0 Å². The molecule has 1 aromatic carbocycles. The summed E-state index contributed by atoms with van der Waals surface area (Å²) in [6.45, 7) is 3.97. The summed E-state index contributed by atoms with van der Waals surface area (Å²) in [5.41, 5.74) is 0.738. The van der Waals surface area contributed by atoms with Crippen LogP contribution in [0.4, 0.5) is 4.39 Å². The lowest BCUT2D eigenvalue weighted by atomic mass is 10.2. The largest absolute Gasteiger partial charge is 0.313 e. The van der Waals surface area contributed by atoms with Gasteiger partial charge in [-0.3, -0.25) is 0 Å². The molecule has 1 aromatic rings. The van der Waals surface area contributed by atoms with Crippen molar-refractivity contribution in [1.82, 2.24) is 9.62 Å². The van der Waals surface area contributed by atoms with E-state index < -0.39 is 15.8 Å². The van der Waals surface area contributed by atoms with E-state index >= 15 is 0 Å². The van der Waals surface area contributed by atoms with Crippen molar-refractivity contribution in [3.63, 3.8) is 0 Å². The number of nitrogens with zero attached hydrogens (tertiary/aromatic N) is 1. The normalized spacial score (nSPS) is 16.5. The SMILES string of the molecule is CCNCc1ccc(S(=O)(=O)N2CC=CCC2)c(F)c1. The Labute approximate surface area is 119 Å². The van der Waals surface area contributed by atoms with Crippen LogP contribution in [0.25, 0.3) is 0 Å². The molecule has 0 aromatic heterocycles. The second-order valence-corrected chi connectivity index (χ2v) is 6.57. The molecule has 20 heavy (non-hydrogen) atoms. The minimum absolute atomic E-state index is 0.243. The standard InChI is InChI=1S/C14H19FN2O2S/c1-2-16-11-12-6-7-14(13(15)10-12)20(18,19)17-8-4-3-5-9-17/h3-4,6-7,10,16H,2,5,8-9,11H2,1H3. The summed E-state index contributed by atoms with van der Waals surface area (Å²) in [6.07, 6.45) is 4.39. The van der Waals surface area contributed by atoms with Gasteiger partial charge in [-0.2, -0.15) is 4.31 Å². The van der Waals surface area contributed by atoms with Crippen LogP contribution in [0, 0.1) is 5.82 Å². The first-order valence-corrected chi connectivity index (χ1v) is 8.14. The lowest BCUT2D eigenvalue weighted by Gasteiger charge is -2.23. The van der Waals surface area contributed by atoms with Gasteiger partial charge in [-0.1, -0.05) is 25.1 Å². The Morgan fingerprint density at radius 3 is 2.75 bits per heavy atom. The summed E-state index contributed by atoms with van der Waals surface area (Å²) in [6, 6.07) is 4.30. The summed E-state index contributed by atoms with van der Waals surface area (Å²) in [4.78, 5) is -0.243. The fraction of sp³-hybridized carbons (Fsp3) is 0.429. The second-order valence-electron chi connectivity index (χ2n) is 4.67. The molecule has 0 amide bonds. The Hall–Kier alpha value is -1.24. The highest BCUT2D eigenvalue weighted by Crippen LogP contribution is 2.22. The Morgan fingerprint density at radius 2 is 2.15 bits per heavy atom. The number of hydrogen-bond donors (Lipinski definition) is 1. The molecule has 0 unspecified atom stereocenters. The zero-order valence-corrected chi connectivity index (χ0v) is 12.3. The highest BCUT2D eigenvalue weighted by molar-refractivity contribution is 7.89. The van der Waals surface area contributed by atoms with Crippen molar-refractivity contribution in [1.29, 1.82) is 0 Å². The van der Waals surface area contributed by atoms with Gasteiger partial charge in [0, 0.05) is 19.6 Å². The molecule has 4 nitrogen and oxygen atoms in total. The van der Waals surface area contributed by atoms with Crippen LogP contribution >= 0.6 is 0 Å².